The molecule has 0 amide bonds. The van der Waals surface area contributed by atoms with E-state index in [0.717, 1.165) is 48.5 Å². The average Bonchev–Trinajstić information content (AvgIpc) is 3.31. The predicted molar refractivity (Wildman–Crippen MR) is 145 cm³/mol. The quantitative estimate of drug-likeness (QED) is 0.231. The van der Waals surface area contributed by atoms with Gasteiger partial charge in [-0.2, -0.15) is 0 Å². The molecule has 1 unspecified atom stereocenters. The van der Waals surface area contributed by atoms with Crippen molar-refractivity contribution in [1.82, 2.24) is 0 Å². The van der Waals surface area contributed by atoms with Gasteiger partial charge in [0, 0.05) is 15.8 Å². The van der Waals surface area contributed by atoms with E-state index in [4.69, 9.17) is 23.7 Å². The minimum absolute atomic E-state index is 0.194. The van der Waals surface area contributed by atoms with E-state index >= 15 is 0 Å². The highest BCUT2D eigenvalue weighted by Crippen LogP contribution is 2.53. The van der Waals surface area contributed by atoms with Crippen LogP contribution in [0.3, 0.4) is 0 Å². The molecular weight excluding hydrogens is 538 g/mol. The lowest BCUT2D eigenvalue weighted by molar-refractivity contribution is -0.136. The fourth-order valence-electron chi connectivity index (χ4n) is 5.44. The van der Waals surface area contributed by atoms with Crippen molar-refractivity contribution in [2.45, 2.75) is 5.92 Å². The van der Waals surface area contributed by atoms with Gasteiger partial charge in [-0.3, -0.25) is 0 Å². The molecule has 0 saturated heterocycles. The third-order valence-corrected chi connectivity index (χ3v) is 7.64. The maximum Gasteiger partial charge on any atom is 0.337 e. The molecule has 8 heteroatoms. The number of methoxy groups -OCH3 is 4. The lowest BCUT2D eigenvalue weighted by Crippen LogP contribution is -2.20. The number of anilines is 1. The van der Waals surface area contributed by atoms with Crippen LogP contribution >= 0.6 is 15.9 Å². The summed E-state index contributed by atoms with van der Waals surface area (Å²) in [5, 5.41) is 7.29. The number of rotatable bonds is 5. The Bertz CT molecular complexity index is 1630. The Morgan fingerprint density at radius 1 is 0.784 bits per heavy atom. The molecule has 1 atom stereocenters. The van der Waals surface area contributed by atoms with Gasteiger partial charge in [0.2, 0.25) is 0 Å². The summed E-state index contributed by atoms with van der Waals surface area (Å²) in [6, 6.07) is 15.9. The molecule has 0 aliphatic carbocycles. The van der Waals surface area contributed by atoms with Crippen molar-refractivity contribution in [1.29, 1.82) is 0 Å². The minimum atomic E-state index is -0.354. The zero-order chi connectivity index (χ0) is 25.8. The molecule has 2 aliphatic rings. The Morgan fingerprint density at radius 2 is 1.30 bits per heavy atom. The maximum absolute atomic E-state index is 13.1. The highest BCUT2D eigenvalue weighted by atomic mass is 79.9. The number of ether oxygens (including phenoxy) is 5. The number of nitrogens with one attached hydrogen (secondary N) is 1. The van der Waals surface area contributed by atoms with Gasteiger partial charge in [0.25, 0.3) is 0 Å². The Morgan fingerprint density at radius 3 is 1.86 bits per heavy atom. The van der Waals surface area contributed by atoms with Gasteiger partial charge in [-0.15, -0.1) is 0 Å². The smallest absolute Gasteiger partial charge is 0.337 e. The zero-order valence-corrected chi connectivity index (χ0v) is 22.3. The van der Waals surface area contributed by atoms with Crippen LogP contribution in [0.5, 0.6) is 23.0 Å². The van der Waals surface area contributed by atoms with Crippen molar-refractivity contribution in [3.63, 3.8) is 0 Å². The summed E-state index contributed by atoms with van der Waals surface area (Å²) in [6.45, 7) is 0.194. The molecule has 0 spiro atoms. The minimum Gasteiger partial charge on any atom is -0.493 e. The molecule has 6 rings (SSSR count). The largest absolute Gasteiger partial charge is 0.493 e. The first kappa shape index (κ1) is 23.5. The summed E-state index contributed by atoms with van der Waals surface area (Å²) in [4.78, 5) is 13.1. The van der Waals surface area contributed by atoms with E-state index in [0.29, 0.717) is 28.6 Å². The van der Waals surface area contributed by atoms with Crippen LogP contribution < -0.4 is 24.3 Å². The first-order chi connectivity index (χ1) is 18.0. The van der Waals surface area contributed by atoms with Gasteiger partial charge < -0.3 is 29.0 Å². The number of esters is 1. The van der Waals surface area contributed by atoms with Gasteiger partial charge in [-0.25, -0.2) is 4.79 Å². The van der Waals surface area contributed by atoms with Crippen LogP contribution in [0, 0.1) is 0 Å². The summed E-state index contributed by atoms with van der Waals surface area (Å²) >= 11 is 3.53. The van der Waals surface area contributed by atoms with Crippen LogP contribution in [0.1, 0.15) is 17.0 Å². The van der Waals surface area contributed by atoms with Gasteiger partial charge >= 0.3 is 5.97 Å². The summed E-state index contributed by atoms with van der Waals surface area (Å²) in [5.74, 6) is 1.76. The second-order valence-corrected chi connectivity index (χ2v) is 9.79. The fraction of sp³-hybridized carbons (Fsp3) is 0.207. The molecule has 0 fully saturated rings. The summed E-state index contributed by atoms with van der Waals surface area (Å²) in [6.07, 6.45) is 0. The number of cyclic esters (lactones) is 1. The molecule has 0 radical (unpaired) electrons. The summed E-state index contributed by atoms with van der Waals surface area (Å²) in [7, 11) is 6.47. The molecule has 0 bridgehead atoms. The van der Waals surface area contributed by atoms with Gasteiger partial charge in [0.15, 0.2) is 23.0 Å². The second-order valence-electron chi connectivity index (χ2n) is 8.87. The van der Waals surface area contributed by atoms with Crippen molar-refractivity contribution in [3.05, 3.63) is 75.4 Å². The number of halogens is 1. The number of hydrogen-bond donors (Lipinski definition) is 1. The van der Waals surface area contributed by atoms with Crippen LogP contribution in [-0.4, -0.2) is 41.0 Å². The topological polar surface area (TPSA) is 75.2 Å². The molecule has 1 N–H and O–H groups in total. The number of fused-ring (bicyclic) bond motifs is 6. The number of benzene rings is 4. The standard InChI is InChI=1S/C29H24BrNO6/c1-33-21-9-16-17-10-22(34-2)24(36-4)12-19(17)28-26(18(16)11-23(21)35-3)25(14-5-7-15(30)8-6-14)27-20(31-28)13-37-29(27)32/h5-12,25,31H,13H2,1-4H3. The van der Waals surface area contributed by atoms with Crippen molar-refractivity contribution in [3.8, 4) is 23.0 Å². The van der Waals surface area contributed by atoms with E-state index in [1.54, 1.807) is 28.4 Å². The van der Waals surface area contributed by atoms with E-state index in [2.05, 4.69) is 21.2 Å². The van der Waals surface area contributed by atoms with Crippen LogP contribution in [0.4, 0.5) is 5.69 Å². The molecule has 0 aromatic heterocycles. The lowest BCUT2D eigenvalue weighted by Gasteiger charge is -2.31. The molecule has 7 nitrogen and oxygen atoms in total. The predicted octanol–water partition coefficient (Wildman–Crippen LogP) is 6.16. The highest BCUT2D eigenvalue weighted by molar-refractivity contribution is 9.10. The van der Waals surface area contributed by atoms with Crippen LogP contribution in [0.15, 0.2) is 64.3 Å². The van der Waals surface area contributed by atoms with Crippen molar-refractivity contribution in [2.75, 3.05) is 40.4 Å². The third-order valence-electron chi connectivity index (χ3n) is 7.12. The number of carbonyl (C=O) groups excluding carboxylic acids is 1. The van der Waals surface area contributed by atoms with Crippen LogP contribution in [0.25, 0.3) is 21.5 Å². The van der Waals surface area contributed by atoms with E-state index in [9.17, 15) is 4.79 Å². The molecule has 4 aromatic carbocycles. The van der Waals surface area contributed by atoms with E-state index < -0.39 is 0 Å². The monoisotopic (exact) mass is 561 g/mol. The maximum atomic E-state index is 13.1. The van der Waals surface area contributed by atoms with E-state index in [1.807, 2.05) is 48.5 Å². The Balaban J connectivity index is 1.80. The van der Waals surface area contributed by atoms with Crippen molar-refractivity contribution >= 4 is 49.1 Å². The SMILES string of the molecule is COc1cc2c3c(c4cc(OC)c(OC)cc4c2cc1OC)C(c1ccc(Br)cc1)C1=C(COC1=O)N3. The Kier molecular flexibility index (Phi) is 5.64. The fourth-order valence-corrected chi connectivity index (χ4v) is 5.71. The lowest BCUT2D eigenvalue weighted by atomic mass is 9.77. The number of carbonyl (C=O) groups is 1. The van der Waals surface area contributed by atoms with E-state index in [1.165, 1.54) is 0 Å². The molecule has 4 aromatic rings. The molecule has 2 heterocycles. The van der Waals surface area contributed by atoms with Gasteiger partial charge in [-0.1, -0.05) is 28.1 Å². The Hall–Kier alpha value is -3.91. The molecular formula is C29H24BrNO6. The first-order valence-electron chi connectivity index (χ1n) is 11.7. The van der Waals surface area contributed by atoms with Gasteiger partial charge in [0.1, 0.15) is 6.61 Å². The average molecular weight is 562 g/mol. The number of hydrogen-bond acceptors (Lipinski definition) is 7. The van der Waals surface area contributed by atoms with Crippen LogP contribution in [0.2, 0.25) is 0 Å². The second kappa shape index (κ2) is 8.88. The normalized spacial score (nSPS) is 16.2. The van der Waals surface area contributed by atoms with Crippen molar-refractivity contribution in [2.24, 2.45) is 0 Å². The molecule has 37 heavy (non-hydrogen) atoms. The highest BCUT2D eigenvalue weighted by Gasteiger charge is 2.40. The third kappa shape index (κ3) is 3.50. The molecule has 0 saturated carbocycles. The zero-order valence-electron chi connectivity index (χ0n) is 20.7. The summed E-state index contributed by atoms with van der Waals surface area (Å²) in [5.41, 5.74) is 4.21. The van der Waals surface area contributed by atoms with E-state index in [-0.39, 0.29) is 18.5 Å². The first-order valence-corrected chi connectivity index (χ1v) is 12.5. The Labute approximate surface area is 222 Å². The van der Waals surface area contributed by atoms with Gasteiger partial charge in [-0.05, 0) is 63.7 Å². The van der Waals surface area contributed by atoms with Crippen LogP contribution in [-0.2, 0) is 9.53 Å². The summed E-state index contributed by atoms with van der Waals surface area (Å²) < 4.78 is 29.1. The molecule has 2 aliphatic heterocycles. The van der Waals surface area contributed by atoms with Gasteiger partial charge in [0.05, 0.1) is 45.4 Å². The van der Waals surface area contributed by atoms with Crippen molar-refractivity contribution < 1.29 is 28.5 Å². The molecule has 188 valence electrons.